The fraction of sp³-hybridized carbons (Fsp3) is 1.00. The summed E-state index contributed by atoms with van der Waals surface area (Å²) in [4.78, 5) is 0. The van der Waals surface area contributed by atoms with Crippen LogP contribution in [0.4, 0.5) is 0 Å². The summed E-state index contributed by atoms with van der Waals surface area (Å²) >= 11 is 0. The van der Waals surface area contributed by atoms with Gasteiger partial charge in [-0.2, -0.15) is 0 Å². The molecule has 0 saturated carbocycles. The van der Waals surface area contributed by atoms with Gasteiger partial charge in [-0.25, -0.2) is 5.01 Å². The van der Waals surface area contributed by atoms with Gasteiger partial charge in [0.2, 0.25) is 0 Å². The fourth-order valence-corrected chi connectivity index (χ4v) is 3.72. The molecular weight excluding hydrogens is 330 g/mol. The molecule has 0 amide bonds. The summed E-state index contributed by atoms with van der Waals surface area (Å²) in [6, 6.07) is 0.436. The number of nitrogens with zero attached hydrogens (tertiary/aromatic N) is 1. The van der Waals surface area contributed by atoms with E-state index in [0.717, 1.165) is 19.6 Å². The number of hydrogen-bond donors (Lipinski definition) is 2. The van der Waals surface area contributed by atoms with Gasteiger partial charge in [-0.15, -0.1) is 0 Å². The van der Waals surface area contributed by atoms with Crippen LogP contribution in [0.15, 0.2) is 0 Å². The lowest BCUT2D eigenvalue weighted by molar-refractivity contribution is 0.136. The van der Waals surface area contributed by atoms with E-state index in [4.69, 9.17) is 5.73 Å². The number of hydrogen-bond acceptors (Lipinski definition) is 3. The molecule has 0 aromatic rings. The van der Waals surface area contributed by atoms with E-state index in [1.54, 1.807) is 0 Å². The minimum atomic E-state index is 0.436. The van der Waals surface area contributed by atoms with Crippen LogP contribution >= 0.6 is 0 Å². The average molecular weight is 384 g/mol. The maximum atomic E-state index is 5.79. The largest absolute Gasteiger partial charge is 0.329 e. The Kier molecular flexibility index (Phi) is 22.1. The standard InChI is InChI=1S/C24H53N3/c1-4-6-7-8-9-10-11-12-13-14-15-16-17-18-19-20-21-26-27(22-5-2)24(3)23-25/h24,26H,4-23,25H2,1-3H3. The molecule has 0 heterocycles. The van der Waals surface area contributed by atoms with E-state index in [-0.39, 0.29) is 0 Å². The normalized spacial score (nSPS) is 12.8. The van der Waals surface area contributed by atoms with Crippen molar-refractivity contribution in [3.05, 3.63) is 0 Å². The van der Waals surface area contributed by atoms with Gasteiger partial charge in [0.05, 0.1) is 0 Å². The molecule has 164 valence electrons. The van der Waals surface area contributed by atoms with E-state index in [2.05, 4.69) is 31.2 Å². The molecule has 0 aliphatic heterocycles. The van der Waals surface area contributed by atoms with Crippen molar-refractivity contribution in [2.75, 3.05) is 19.6 Å². The predicted octanol–water partition coefficient (Wildman–Crippen LogP) is 6.81. The highest BCUT2D eigenvalue weighted by Crippen LogP contribution is 2.13. The first kappa shape index (κ1) is 26.9. The van der Waals surface area contributed by atoms with E-state index in [1.807, 2.05) is 0 Å². The summed E-state index contributed by atoms with van der Waals surface area (Å²) in [7, 11) is 0. The Morgan fingerprint density at radius 1 is 0.630 bits per heavy atom. The number of nitrogens with two attached hydrogens (primary N) is 1. The van der Waals surface area contributed by atoms with E-state index < -0.39 is 0 Å². The van der Waals surface area contributed by atoms with Crippen molar-refractivity contribution in [2.45, 2.75) is 136 Å². The molecule has 1 atom stereocenters. The molecule has 0 fully saturated rings. The minimum Gasteiger partial charge on any atom is -0.329 e. The van der Waals surface area contributed by atoms with E-state index in [0.29, 0.717) is 6.04 Å². The van der Waals surface area contributed by atoms with E-state index in [9.17, 15) is 0 Å². The van der Waals surface area contributed by atoms with E-state index in [1.165, 1.54) is 109 Å². The summed E-state index contributed by atoms with van der Waals surface area (Å²) in [6.45, 7) is 9.65. The lowest BCUT2D eigenvalue weighted by Crippen LogP contribution is -2.48. The molecule has 0 radical (unpaired) electrons. The van der Waals surface area contributed by atoms with Crippen LogP contribution in [0.1, 0.15) is 130 Å². The number of rotatable bonds is 22. The highest BCUT2D eigenvalue weighted by atomic mass is 15.5. The molecule has 3 heteroatoms. The minimum absolute atomic E-state index is 0.436. The van der Waals surface area contributed by atoms with Crippen molar-refractivity contribution in [1.82, 2.24) is 10.4 Å². The van der Waals surface area contributed by atoms with Crippen molar-refractivity contribution in [3.8, 4) is 0 Å². The van der Waals surface area contributed by atoms with Crippen molar-refractivity contribution in [2.24, 2.45) is 5.73 Å². The molecule has 1 unspecified atom stereocenters. The second-order valence-electron chi connectivity index (χ2n) is 8.49. The average Bonchev–Trinajstić information content (AvgIpc) is 2.68. The SMILES string of the molecule is CCCCCCCCCCCCCCCCCCNN(CCC)C(C)CN. The molecule has 27 heavy (non-hydrogen) atoms. The Morgan fingerprint density at radius 2 is 1.04 bits per heavy atom. The fourth-order valence-electron chi connectivity index (χ4n) is 3.72. The zero-order valence-corrected chi connectivity index (χ0v) is 19.2. The topological polar surface area (TPSA) is 41.3 Å². The molecule has 0 aliphatic carbocycles. The first-order valence-electron chi connectivity index (χ1n) is 12.5. The first-order chi connectivity index (χ1) is 13.3. The lowest BCUT2D eigenvalue weighted by Gasteiger charge is -2.28. The Hall–Kier alpha value is -0.120. The van der Waals surface area contributed by atoms with Crippen LogP contribution in [0.25, 0.3) is 0 Å². The number of hydrazine groups is 1. The molecule has 3 N–H and O–H groups in total. The molecule has 0 aromatic heterocycles. The maximum Gasteiger partial charge on any atom is 0.0337 e. The van der Waals surface area contributed by atoms with Crippen LogP contribution in [0.2, 0.25) is 0 Å². The first-order valence-corrected chi connectivity index (χ1v) is 12.5. The number of unbranched alkanes of at least 4 members (excludes halogenated alkanes) is 15. The summed E-state index contributed by atoms with van der Waals surface area (Å²) in [5, 5.41) is 2.32. The van der Waals surface area contributed by atoms with Crippen LogP contribution in [0, 0.1) is 0 Å². The number of nitrogens with one attached hydrogen (secondary N) is 1. The molecule has 0 spiro atoms. The smallest absolute Gasteiger partial charge is 0.0337 e. The summed E-state index contributed by atoms with van der Waals surface area (Å²) in [6.07, 6.45) is 24.1. The Bertz CT molecular complexity index is 270. The molecule has 0 rings (SSSR count). The summed E-state index contributed by atoms with van der Waals surface area (Å²) in [5.41, 5.74) is 9.36. The second kappa shape index (κ2) is 22.2. The highest BCUT2D eigenvalue weighted by Gasteiger charge is 2.09. The zero-order chi connectivity index (χ0) is 20.0. The van der Waals surface area contributed by atoms with Crippen LogP contribution < -0.4 is 11.2 Å². The van der Waals surface area contributed by atoms with Gasteiger partial charge in [-0.05, 0) is 19.8 Å². The highest BCUT2D eigenvalue weighted by molar-refractivity contribution is 4.63. The van der Waals surface area contributed by atoms with Gasteiger partial charge >= 0.3 is 0 Å². The molecule has 0 aromatic carbocycles. The molecule has 0 saturated heterocycles. The van der Waals surface area contributed by atoms with E-state index >= 15 is 0 Å². The van der Waals surface area contributed by atoms with Crippen LogP contribution in [-0.2, 0) is 0 Å². The third-order valence-corrected chi connectivity index (χ3v) is 5.68. The monoisotopic (exact) mass is 383 g/mol. The van der Waals surface area contributed by atoms with Crippen molar-refractivity contribution in [1.29, 1.82) is 0 Å². The van der Waals surface area contributed by atoms with Gasteiger partial charge in [0.25, 0.3) is 0 Å². The van der Waals surface area contributed by atoms with Crippen LogP contribution in [-0.4, -0.2) is 30.7 Å². The van der Waals surface area contributed by atoms with Crippen molar-refractivity contribution < 1.29 is 0 Å². The zero-order valence-electron chi connectivity index (χ0n) is 19.2. The lowest BCUT2D eigenvalue weighted by atomic mass is 10.0. The Balaban J connectivity index is 3.22. The second-order valence-corrected chi connectivity index (χ2v) is 8.49. The summed E-state index contributed by atoms with van der Waals surface area (Å²) in [5.74, 6) is 0. The van der Waals surface area contributed by atoms with Crippen molar-refractivity contribution in [3.63, 3.8) is 0 Å². The maximum absolute atomic E-state index is 5.79. The van der Waals surface area contributed by atoms with Gasteiger partial charge in [0.15, 0.2) is 0 Å². The van der Waals surface area contributed by atoms with Gasteiger partial charge in [0.1, 0.15) is 0 Å². The Morgan fingerprint density at radius 3 is 1.41 bits per heavy atom. The van der Waals surface area contributed by atoms with Gasteiger partial charge in [-0.1, -0.05) is 110 Å². The molecule has 0 bridgehead atoms. The Labute approximate surface area is 172 Å². The third-order valence-electron chi connectivity index (χ3n) is 5.68. The van der Waals surface area contributed by atoms with Crippen LogP contribution in [0.5, 0.6) is 0 Å². The molecule has 3 nitrogen and oxygen atoms in total. The molecule has 0 aliphatic rings. The summed E-state index contributed by atoms with van der Waals surface area (Å²) < 4.78 is 0. The third kappa shape index (κ3) is 19.0. The predicted molar refractivity (Wildman–Crippen MR) is 123 cm³/mol. The van der Waals surface area contributed by atoms with Crippen molar-refractivity contribution >= 4 is 0 Å². The van der Waals surface area contributed by atoms with Crippen LogP contribution in [0.3, 0.4) is 0 Å². The van der Waals surface area contributed by atoms with Gasteiger partial charge in [-0.3, -0.25) is 5.43 Å². The van der Waals surface area contributed by atoms with Gasteiger partial charge in [0, 0.05) is 25.7 Å². The van der Waals surface area contributed by atoms with Gasteiger partial charge < -0.3 is 5.73 Å². The molecular formula is C24H53N3. The quantitative estimate of drug-likeness (QED) is 0.159.